The Morgan fingerprint density at radius 1 is 0.613 bits per heavy atom. The number of carboxylic acid groups (broad SMARTS) is 2. The molecular formula is C40H38N10O10S2. The number of rotatable bonds is 18. The third-order valence-electron chi connectivity index (χ3n) is 8.63. The van der Waals surface area contributed by atoms with Gasteiger partial charge in [0.2, 0.25) is 23.8 Å². The van der Waals surface area contributed by atoms with Crippen molar-refractivity contribution in [2.45, 2.75) is 22.6 Å². The van der Waals surface area contributed by atoms with E-state index in [0.717, 1.165) is 10.5 Å². The van der Waals surface area contributed by atoms with Crippen molar-refractivity contribution in [2.24, 2.45) is 0 Å². The van der Waals surface area contributed by atoms with Crippen LogP contribution in [-0.2, 0) is 42.7 Å². The highest BCUT2D eigenvalue weighted by Crippen LogP contribution is 2.26. The Kier molecular flexibility index (Phi) is 13.5. The van der Waals surface area contributed by atoms with E-state index in [1.165, 1.54) is 42.5 Å². The average molecular weight is 883 g/mol. The van der Waals surface area contributed by atoms with Crippen LogP contribution >= 0.6 is 0 Å². The zero-order valence-electron chi connectivity index (χ0n) is 32.9. The number of carbonyl (C=O) groups is 2. The molecule has 2 heterocycles. The molecule has 6 rings (SSSR count). The second-order valence-corrected chi connectivity index (χ2v) is 16.5. The number of para-hydroxylation sites is 1. The van der Waals surface area contributed by atoms with Crippen molar-refractivity contribution in [1.82, 2.24) is 29.9 Å². The molecule has 0 aliphatic carbocycles. The second kappa shape index (κ2) is 18.9. The van der Waals surface area contributed by atoms with Gasteiger partial charge in [0.15, 0.2) is 0 Å². The van der Waals surface area contributed by atoms with Gasteiger partial charge in [-0.15, -0.1) is 0 Å². The molecule has 0 fully saturated rings. The highest BCUT2D eigenvalue weighted by molar-refractivity contribution is 7.86. The Morgan fingerprint density at radius 3 is 1.68 bits per heavy atom. The van der Waals surface area contributed by atoms with E-state index in [1.54, 1.807) is 79.7 Å². The van der Waals surface area contributed by atoms with E-state index in [2.05, 4.69) is 40.5 Å². The fourth-order valence-electron chi connectivity index (χ4n) is 5.78. The van der Waals surface area contributed by atoms with Gasteiger partial charge in [0.05, 0.1) is 4.90 Å². The molecule has 0 aliphatic heterocycles. The first-order valence-electron chi connectivity index (χ1n) is 18.3. The Bertz CT molecular complexity index is 2830. The molecule has 62 heavy (non-hydrogen) atoms. The van der Waals surface area contributed by atoms with E-state index >= 15 is 0 Å². The van der Waals surface area contributed by atoms with Gasteiger partial charge in [0.25, 0.3) is 20.2 Å². The van der Waals surface area contributed by atoms with Crippen molar-refractivity contribution in [3.63, 3.8) is 0 Å². The fraction of sp³-hybridized carbons (Fsp3) is 0.150. The molecule has 0 spiro atoms. The first-order chi connectivity index (χ1) is 29.4. The van der Waals surface area contributed by atoms with Crippen LogP contribution in [0.4, 0.5) is 35.2 Å². The lowest BCUT2D eigenvalue weighted by Crippen LogP contribution is -2.36. The van der Waals surface area contributed by atoms with Crippen LogP contribution in [-0.4, -0.2) is 105 Å². The summed E-state index contributed by atoms with van der Waals surface area (Å²) in [5, 5.41) is 24.9. The normalized spacial score (nSPS) is 11.6. The lowest BCUT2D eigenvalue weighted by Gasteiger charge is -2.19. The maximum atomic E-state index is 12.6. The predicted octanol–water partition coefficient (Wildman–Crippen LogP) is 4.43. The van der Waals surface area contributed by atoms with Crippen LogP contribution < -0.4 is 20.4 Å². The molecule has 0 saturated carbocycles. The predicted molar refractivity (Wildman–Crippen MR) is 228 cm³/mol. The van der Waals surface area contributed by atoms with E-state index in [0.29, 0.717) is 22.6 Å². The monoisotopic (exact) mass is 882 g/mol. The first-order valence-corrected chi connectivity index (χ1v) is 21.2. The summed E-state index contributed by atoms with van der Waals surface area (Å²) >= 11 is 0. The molecule has 4 aromatic carbocycles. The Labute approximate surface area is 355 Å². The van der Waals surface area contributed by atoms with Crippen molar-refractivity contribution >= 4 is 79.5 Å². The number of carboxylic acids is 2. The highest BCUT2D eigenvalue weighted by atomic mass is 32.2. The molecule has 0 bridgehead atoms. The first kappa shape index (κ1) is 44.2. The number of nitrogens with one attached hydrogen (secondary N) is 2. The Morgan fingerprint density at radius 2 is 1.15 bits per heavy atom. The zero-order valence-corrected chi connectivity index (χ0v) is 34.5. The van der Waals surface area contributed by atoms with Gasteiger partial charge in [-0.3, -0.25) is 18.7 Å². The molecule has 0 saturated heterocycles. The van der Waals surface area contributed by atoms with Gasteiger partial charge < -0.3 is 30.6 Å². The standard InChI is InChI=1S/C40H38N10O10S2/c1-49(2)39-45-33(21-27-13-18-31(19-14-27)61(55,56)57)43-38(47-39)42-30-17-16-28(32(22-30)62(58,59)60)15-12-25-8-10-26(11-9-25)20-34-44-37(41-29-6-4-3-5-7-29)48-40(46-34)50(23-35(51)52)24-36(53)54/h3-19,22H,20-21,23-24H2,1-2H3,(H,51,52)(H,53,54)(H,55,56,57)(H,58,59,60)(H,41,44,46,48)(H,42,43,45,47)/b15-12+. The summed E-state index contributed by atoms with van der Waals surface area (Å²) in [4.78, 5) is 51.5. The topological polar surface area (TPSA) is 291 Å². The molecular weight excluding hydrogens is 845 g/mol. The van der Waals surface area contributed by atoms with Gasteiger partial charge in [-0.1, -0.05) is 72.8 Å². The minimum absolute atomic E-state index is 0.0628. The van der Waals surface area contributed by atoms with Gasteiger partial charge in [0.1, 0.15) is 29.6 Å². The minimum atomic E-state index is -4.73. The molecule has 2 aromatic heterocycles. The maximum absolute atomic E-state index is 12.6. The number of benzene rings is 4. The Hall–Kier alpha value is -7.40. The fourth-order valence-corrected chi connectivity index (χ4v) is 6.97. The lowest BCUT2D eigenvalue weighted by atomic mass is 10.1. The summed E-state index contributed by atoms with van der Waals surface area (Å²) in [5.41, 5.74) is 3.07. The van der Waals surface area contributed by atoms with E-state index in [9.17, 15) is 45.7 Å². The summed E-state index contributed by atoms with van der Waals surface area (Å²) < 4.78 is 67.5. The molecule has 20 nitrogen and oxygen atoms in total. The van der Waals surface area contributed by atoms with E-state index < -0.39 is 50.2 Å². The van der Waals surface area contributed by atoms with Crippen LogP contribution in [0.1, 0.15) is 33.9 Å². The van der Waals surface area contributed by atoms with E-state index in [1.807, 2.05) is 6.07 Å². The third-order valence-corrected chi connectivity index (χ3v) is 10.4. The number of nitrogens with zero attached hydrogens (tertiary/aromatic N) is 8. The van der Waals surface area contributed by atoms with Crippen LogP contribution in [0.3, 0.4) is 0 Å². The van der Waals surface area contributed by atoms with Crippen molar-refractivity contribution in [3.05, 3.63) is 131 Å². The van der Waals surface area contributed by atoms with E-state index in [-0.39, 0.29) is 58.6 Å². The third kappa shape index (κ3) is 12.3. The van der Waals surface area contributed by atoms with Gasteiger partial charge in [0, 0.05) is 38.3 Å². The maximum Gasteiger partial charge on any atom is 0.323 e. The summed E-state index contributed by atoms with van der Waals surface area (Å²) in [6.07, 6.45) is 3.48. The van der Waals surface area contributed by atoms with Crippen LogP contribution in [0.15, 0.2) is 107 Å². The van der Waals surface area contributed by atoms with Crippen LogP contribution in [0, 0.1) is 0 Å². The molecule has 0 radical (unpaired) electrons. The number of anilines is 6. The largest absolute Gasteiger partial charge is 0.480 e. The second-order valence-electron chi connectivity index (χ2n) is 13.7. The van der Waals surface area contributed by atoms with Gasteiger partial charge in [-0.2, -0.15) is 46.7 Å². The lowest BCUT2D eigenvalue weighted by molar-refractivity contribution is -0.136. The van der Waals surface area contributed by atoms with Crippen LogP contribution in [0.5, 0.6) is 0 Å². The average Bonchev–Trinajstić information content (AvgIpc) is 3.20. The molecule has 0 unspecified atom stereocenters. The number of aliphatic carboxylic acids is 2. The van der Waals surface area contributed by atoms with Crippen LogP contribution in [0.2, 0.25) is 0 Å². The number of hydrogen-bond donors (Lipinski definition) is 6. The molecule has 0 amide bonds. The molecule has 0 aliphatic rings. The zero-order chi connectivity index (χ0) is 44.6. The van der Waals surface area contributed by atoms with Crippen molar-refractivity contribution < 1.29 is 45.7 Å². The smallest absolute Gasteiger partial charge is 0.323 e. The minimum Gasteiger partial charge on any atom is -0.480 e. The molecule has 6 N–H and O–H groups in total. The number of aromatic nitrogens is 6. The van der Waals surface area contributed by atoms with Crippen molar-refractivity contribution in [1.29, 1.82) is 0 Å². The summed E-state index contributed by atoms with van der Waals surface area (Å²) in [6, 6.07) is 25.8. The van der Waals surface area contributed by atoms with E-state index in [4.69, 9.17) is 0 Å². The van der Waals surface area contributed by atoms with Crippen molar-refractivity contribution in [2.75, 3.05) is 47.6 Å². The molecule has 0 atom stereocenters. The number of hydrogen-bond acceptors (Lipinski definition) is 16. The van der Waals surface area contributed by atoms with Gasteiger partial charge in [-0.25, -0.2) is 0 Å². The van der Waals surface area contributed by atoms with Crippen LogP contribution in [0.25, 0.3) is 12.2 Å². The van der Waals surface area contributed by atoms with Gasteiger partial charge >= 0.3 is 11.9 Å². The summed E-state index contributed by atoms with van der Waals surface area (Å²) in [6.45, 7) is -1.33. The highest BCUT2D eigenvalue weighted by Gasteiger charge is 2.21. The SMILES string of the molecule is CN(C)c1nc(Cc2ccc(S(=O)(=O)O)cc2)nc(Nc2ccc(/C=C/c3ccc(Cc4nc(Nc5ccccc5)nc(N(CC(=O)O)CC(=O)O)n4)cc3)c(S(=O)(=O)O)c2)n1. The van der Waals surface area contributed by atoms with Gasteiger partial charge in [-0.05, 0) is 58.7 Å². The molecule has 22 heteroatoms. The summed E-state index contributed by atoms with van der Waals surface area (Å²) in [7, 11) is -5.67. The summed E-state index contributed by atoms with van der Waals surface area (Å²) in [5.74, 6) is -1.76. The molecule has 320 valence electrons. The quantitative estimate of drug-likeness (QED) is 0.0514. The molecule has 6 aromatic rings. The van der Waals surface area contributed by atoms with Crippen molar-refractivity contribution in [3.8, 4) is 0 Å². The Balaban J connectivity index is 1.21.